The number of rotatable bonds is 13. The van der Waals surface area contributed by atoms with Gasteiger partial charge in [-0.3, -0.25) is 9.59 Å². The zero-order valence-corrected chi connectivity index (χ0v) is 22.7. The lowest BCUT2D eigenvalue weighted by atomic mass is 9.77. The third-order valence-electron chi connectivity index (χ3n) is 6.49. The van der Waals surface area contributed by atoms with Crippen molar-refractivity contribution in [1.82, 2.24) is 0 Å². The van der Waals surface area contributed by atoms with Crippen molar-refractivity contribution in [2.45, 2.75) is 39.7 Å². The predicted octanol–water partition coefficient (Wildman–Crippen LogP) is 5.96. The first-order valence-corrected chi connectivity index (χ1v) is 13.1. The standard InChI is InChI=1S/C31H32ClFO6/c1-3-38-29(36)28(35)16-23(18-31(2,20-34)30(37)39-19-22-7-5-4-6-8-22)15-21-9-11-24(12-10-21)26-17-25(32)13-14-27(26)33/h4-14,17,23,34H,3,15-16,18-20H2,1-2H3/t23-,31-/m0/s1. The van der Waals surface area contributed by atoms with Crippen molar-refractivity contribution in [3.63, 3.8) is 0 Å². The predicted molar refractivity (Wildman–Crippen MR) is 146 cm³/mol. The number of ether oxygens (including phenoxy) is 2. The van der Waals surface area contributed by atoms with Gasteiger partial charge in [0.05, 0.1) is 18.6 Å². The first-order valence-electron chi connectivity index (χ1n) is 12.7. The lowest BCUT2D eigenvalue weighted by Gasteiger charge is -2.29. The molecule has 0 saturated carbocycles. The SMILES string of the molecule is CCOC(=O)C(=O)C[C@H](Cc1ccc(-c2cc(Cl)ccc2F)cc1)C[C@@](C)(CO)C(=O)OCc1ccccc1. The van der Waals surface area contributed by atoms with Crippen LogP contribution in [0.1, 0.15) is 37.8 Å². The fraction of sp³-hybridized carbons (Fsp3) is 0.323. The fourth-order valence-corrected chi connectivity index (χ4v) is 4.57. The van der Waals surface area contributed by atoms with Gasteiger partial charge in [-0.2, -0.15) is 0 Å². The minimum atomic E-state index is -1.31. The minimum Gasteiger partial charge on any atom is -0.460 e. The molecule has 1 N–H and O–H groups in total. The van der Waals surface area contributed by atoms with Crippen LogP contribution < -0.4 is 0 Å². The Hall–Kier alpha value is -3.55. The number of aliphatic hydroxyl groups excluding tert-OH is 1. The third-order valence-corrected chi connectivity index (χ3v) is 6.72. The van der Waals surface area contributed by atoms with Crippen molar-refractivity contribution in [2.24, 2.45) is 11.3 Å². The van der Waals surface area contributed by atoms with E-state index in [0.29, 0.717) is 22.6 Å². The van der Waals surface area contributed by atoms with Crippen LogP contribution in [0.25, 0.3) is 11.1 Å². The number of carbonyl (C=O) groups excluding carboxylic acids is 3. The Bertz CT molecular complexity index is 1280. The molecular formula is C31H32ClFO6. The van der Waals surface area contributed by atoms with E-state index in [9.17, 15) is 23.9 Å². The second-order valence-electron chi connectivity index (χ2n) is 9.72. The van der Waals surface area contributed by atoms with Crippen molar-refractivity contribution in [3.8, 4) is 11.1 Å². The van der Waals surface area contributed by atoms with Gasteiger partial charge in [0, 0.05) is 17.0 Å². The number of esters is 2. The van der Waals surface area contributed by atoms with Gasteiger partial charge in [-0.05, 0) is 67.5 Å². The fourth-order valence-electron chi connectivity index (χ4n) is 4.39. The molecule has 0 bridgehead atoms. The molecule has 3 rings (SSSR count). The molecule has 0 aliphatic heterocycles. The second-order valence-corrected chi connectivity index (χ2v) is 10.2. The Morgan fingerprint density at radius 2 is 1.67 bits per heavy atom. The molecule has 0 amide bonds. The summed E-state index contributed by atoms with van der Waals surface area (Å²) in [7, 11) is 0. The molecule has 0 aliphatic rings. The highest BCUT2D eigenvalue weighted by Crippen LogP contribution is 2.33. The number of benzene rings is 3. The summed E-state index contributed by atoms with van der Waals surface area (Å²) < 4.78 is 24.7. The molecule has 0 unspecified atom stereocenters. The summed E-state index contributed by atoms with van der Waals surface area (Å²) in [6.07, 6.45) is 0.239. The number of hydrogen-bond donors (Lipinski definition) is 1. The van der Waals surface area contributed by atoms with Gasteiger partial charge in [0.2, 0.25) is 5.78 Å². The lowest BCUT2D eigenvalue weighted by Crippen LogP contribution is -2.37. The normalized spacial score (nSPS) is 13.3. The molecule has 0 aromatic heterocycles. The Morgan fingerprint density at radius 3 is 2.31 bits per heavy atom. The van der Waals surface area contributed by atoms with Gasteiger partial charge in [-0.15, -0.1) is 0 Å². The van der Waals surface area contributed by atoms with Gasteiger partial charge >= 0.3 is 11.9 Å². The Balaban J connectivity index is 1.79. The molecule has 6 nitrogen and oxygen atoms in total. The maximum atomic E-state index is 14.3. The Labute approximate surface area is 232 Å². The first kappa shape index (κ1) is 30.0. The molecular weight excluding hydrogens is 523 g/mol. The molecule has 3 aromatic carbocycles. The number of hydrogen-bond acceptors (Lipinski definition) is 6. The number of carbonyl (C=O) groups is 3. The largest absolute Gasteiger partial charge is 0.460 e. The molecule has 2 atom stereocenters. The van der Waals surface area contributed by atoms with E-state index < -0.39 is 41.5 Å². The van der Waals surface area contributed by atoms with Gasteiger partial charge in [-0.1, -0.05) is 66.2 Å². The Morgan fingerprint density at radius 1 is 0.974 bits per heavy atom. The molecule has 0 radical (unpaired) electrons. The van der Waals surface area contributed by atoms with E-state index in [0.717, 1.165) is 11.1 Å². The summed E-state index contributed by atoms with van der Waals surface area (Å²) in [4.78, 5) is 37.7. The van der Waals surface area contributed by atoms with Gasteiger partial charge in [0.1, 0.15) is 12.4 Å². The van der Waals surface area contributed by atoms with Crippen molar-refractivity contribution in [3.05, 3.63) is 94.8 Å². The summed E-state index contributed by atoms with van der Waals surface area (Å²) in [5, 5.41) is 10.6. The monoisotopic (exact) mass is 554 g/mol. The van der Waals surface area contributed by atoms with E-state index >= 15 is 0 Å². The van der Waals surface area contributed by atoms with E-state index in [1.54, 1.807) is 44.2 Å². The minimum absolute atomic E-state index is 0.0449. The van der Waals surface area contributed by atoms with Crippen molar-refractivity contribution >= 4 is 29.3 Å². The van der Waals surface area contributed by atoms with Gasteiger partial charge in [-0.25, -0.2) is 9.18 Å². The topological polar surface area (TPSA) is 89.9 Å². The highest BCUT2D eigenvalue weighted by molar-refractivity contribution is 6.33. The van der Waals surface area contributed by atoms with Crippen LogP contribution in [0.4, 0.5) is 4.39 Å². The number of halogens is 2. The molecule has 3 aromatic rings. The number of aliphatic hydroxyl groups is 1. The molecule has 0 heterocycles. The van der Waals surface area contributed by atoms with E-state index in [2.05, 4.69) is 0 Å². The van der Waals surface area contributed by atoms with Crippen LogP contribution in [0.15, 0.2) is 72.8 Å². The van der Waals surface area contributed by atoms with Gasteiger partial charge < -0.3 is 14.6 Å². The van der Waals surface area contributed by atoms with E-state index in [-0.39, 0.29) is 26.1 Å². The maximum Gasteiger partial charge on any atom is 0.374 e. The highest BCUT2D eigenvalue weighted by Gasteiger charge is 2.38. The maximum absolute atomic E-state index is 14.3. The average Bonchev–Trinajstić information content (AvgIpc) is 2.94. The molecule has 0 spiro atoms. The van der Waals surface area contributed by atoms with Crippen LogP contribution in [0, 0.1) is 17.2 Å². The van der Waals surface area contributed by atoms with Crippen molar-refractivity contribution in [1.29, 1.82) is 0 Å². The zero-order chi connectivity index (χ0) is 28.4. The number of ketones is 1. The molecule has 0 fully saturated rings. The molecule has 39 heavy (non-hydrogen) atoms. The summed E-state index contributed by atoms with van der Waals surface area (Å²) in [5.41, 5.74) is 1.29. The molecule has 0 saturated heterocycles. The van der Waals surface area contributed by atoms with Crippen LogP contribution >= 0.6 is 11.6 Å². The summed E-state index contributed by atoms with van der Waals surface area (Å²) in [6.45, 7) is 2.80. The van der Waals surface area contributed by atoms with Crippen LogP contribution in [-0.2, 0) is 36.9 Å². The molecule has 206 valence electrons. The van der Waals surface area contributed by atoms with E-state index in [4.69, 9.17) is 21.1 Å². The molecule has 8 heteroatoms. The van der Waals surface area contributed by atoms with Crippen molar-refractivity contribution < 1.29 is 33.4 Å². The summed E-state index contributed by atoms with van der Waals surface area (Å²) in [5.74, 6) is -3.15. The average molecular weight is 555 g/mol. The van der Waals surface area contributed by atoms with E-state index in [1.165, 1.54) is 12.1 Å². The Kier molecular flexibility index (Phi) is 10.8. The molecule has 0 aliphatic carbocycles. The first-order chi connectivity index (χ1) is 18.6. The summed E-state index contributed by atoms with van der Waals surface area (Å²) >= 11 is 6.03. The highest BCUT2D eigenvalue weighted by atomic mass is 35.5. The number of Topliss-reactive ketones (excluding diaryl/α,β-unsaturated/α-hetero) is 1. The lowest BCUT2D eigenvalue weighted by molar-refractivity contribution is -0.160. The van der Waals surface area contributed by atoms with Crippen LogP contribution in [0.5, 0.6) is 0 Å². The third kappa shape index (κ3) is 8.47. The smallest absolute Gasteiger partial charge is 0.374 e. The van der Waals surface area contributed by atoms with Crippen LogP contribution in [0.2, 0.25) is 5.02 Å². The van der Waals surface area contributed by atoms with Gasteiger partial charge in [0.25, 0.3) is 0 Å². The van der Waals surface area contributed by atoms with Crippen LogP contribution in [-0.4, -0.2) is 36.0 Å². The second kappa shape index (κ2) is 14.0. The zero-order valence-electron chi connectivity index (χ0n) is 22.0. The van der Waals surface area contributed by atoms with Crippen LogP contribution in [0.3, 0.4) is 0 Å². The summed E-state index contributed by atoms with van der Waals surface area (Å²) in [6, 6.07) is 20.6. The van der Waals surface area contributed by atoms with Crippen molar-refractivity contribution in [2.75, 3.05) is 13.2 Å². The van der Waals surface area contributed by atoms with Gasteiger partial charge in [0.15, 0.2) is 0 Å². The van der Waals surface area contributed by atoms with E-state index in [1.807, 2.05) is 30.3 Å². The quantitative estimate of drug-likeness (QED) is 0.207.